The van der Waals surface area contributed by atoms with Crippen molar-refractivity contribution in [1.82, 2.24) is 5.43 Å². The molecule has 3 N–H and O–H groups in total. The van der Waals surface area contributed by atoms with Crippen molar-refractivity contribution in [2.75, 3.05) is 0 Å². The lowest BCUT2D eigenvalue weighted by Crippen LogP contribution is -2.42. The fraction of sp³-hybridized carbons (Fsp3) is 0.867. The molecule has 1 aliphatic rings. The van der Waals surface area contributed by atoms with E-state index < -0.39 is 0 Å². The third-order valence-corrected chi connectivity index (χ3v) is 4.28. The molecule has 0 amide bonds. The highest BCUT2D eigenvalue weighted by molar-refractivity contribution is 4.99. The van der Waals surface area contributed by atoms with Crippen LogP contribution in [0.3, 0.4) is 0 Å². The highest BCUT2D eigenvalue weighted by Crippen LogP contribution is 2.40. The summed E-state index contributed by atoms with van der Waals surface area (Å²) in [5, 5.41) is 0. The maximum absolute atomic E-state index is 5.65. The van der Waals surface area contributed by atoms with Crippen LogP contribution in [0.4, 0.5) is 0 Å². The SMILES string of the molecule is CC#CCC(NN)C1CCC(C(C)(C)C)CC1. The Morgan fingerprint density at radius 2 is 1.82 bits per heavy atom. The van der Waals surface area contributed by atoms with Crippen molar-refractivity contribution < 1.29 is 0 Å². The van der Waals surface area contributed by atoms with Crippen molar-refractivity contribution in [3.63, 3.8) is 0 Å². The topological polar surface area (TPSA) is 38.0 Å². The van der Waals surface area contributed by atoms with Crippen LogP contribution in [0.25, 0.3) is 0 Å². The van der Waals surface area contributed by atoms with E-state index >= 15 is 0 Å². The second kappa shape index (κ2) is 6.42. The van der Waals surface area contributed by atoms with E-state index in [0.717, 1.165) is 12.3 Å². The van der Waals surface area contributed by atoms with Gasteiger partial charge in [-0.2, -0.15) is 0 Å². The monoisotopic (exact) mass is 236 g/mol. The molecule has 2 nitrogen and oxygen atoms in total. The fourth-order valence-electron chi connectivity index (χ4n) is 2.96. The smallest absolute Gasteiger partial charge is 0.0348 e. The van der Waals surface area contributed by atoms with Gasteiger partial charge in [-0.25, -0.2) is 0 Å². The quantitative estimate of drug-likeness (QED) is 0.449. The highest BCUT2D eigenvalue weighted by Gasteiger charge is 2.32. The molecule has 0 aromatic heterocycles. The Hall–Kier alpha value is -0.520. The molecule has 0 aromatic rings. The van der Waals surface area contributed by atoms with E-state index in [1.165, 1.54) is 25.7 Å². The van der Waals surface area contributed by atoms with Gasteiger partial charge >= 0.3 is 0 Å². The van der Waals surface area contributed by atoms with Gasteiger partial charge in [-0.05, 0) is 49.9 Å². The number of hydrazine groups is 1. The standard InChI is InChI=1S/C15H28N2/c1-5-6-7-14(17-16)12-8-10-13(11-9-12)15(2,3)4/h12-14,17H,7-11,16H2,1-4H3. The molecular formula is C15H28N2. The van der Waals surface area contributed by atoms with E-state index in [2.05, 4.69) is 38.0 Å². The largest absolute Gasteiger partial charge is 0.271 e. The maximum atomic E-state index is 5.65. The average Bonchev–Trinajstić information content (AvgIpc) is 2.29. The summed E-state index contributed by atoms with van der Waals surface area (Å²) >= 11 is 0. The van der Waals surface area contributed by atoms with Gasteiger partial charge in [-0.3, -0.25) is 11.3 Å². The van der Waals surface area contributed by atoms with Crippen molar-refractivity contribution in [1.29, 1.82) is 0 Å². The number of hydrogen-bond donors (Lipinski definition) is 2. The first-order chi connectivity index (χ1) is 7.99. The van der Waals surface area contributed by atoms with Crippen molar-refractivity contribution in [3.8, 4) is 11.8 Å². The molecule has 1 rings (SSSR count). The minimum absolute atomic E-state index is 0.378. The van der Waals surface area contributed by atoms with E-state index in [-0.39, 0.29) is 0 Å². The molecule has 0 bridgehead atoms. The molecule has 0 aromatic carbocycles. The molecular weight excluding hydrogens is 208 g/mol. The summed E-state index contributed by atoms with van der Waals surface area (Å²) in [7, 11) is 0. The first kappa shape index (κ1) is 14.5. The highest BCUT2D eigenvalue weighted by atomic mass is 15.2. The van der Waals surface area contributed by atoms with Crippen molar-refractivity contribution in [3.05, 3.63) is 0 Å². The van der Waals surface area contributed by atoms with Crippen LogP contribution in [0.5, 0.6) is 0 Å². The number of nitrogens with one attached hydrogen (secondary N) is 1. The zero-order chi connectivity index (χ0) is 12.9. The van der Waals surface area contributed by atoms with E-state index in [1.807, 2.05) is 6.92 Å². The molecule has 1 unspecified atom stereocenters. The predicted octanol–water partition coefficient (Wildman–Crippen LogP) is 3.08. The number of nitrogens with two attached hydrogens (primary N) is 1. The van der Waals surface area contributed by atoms with Crippen LogP contribution < -0.4 is 11.3 Å². The Balaban J connectivity index is 2.46. The molecule has 98 valence electrons. The summed E-state index contributed by atoms with van der Waals surface area (Å²) in [6, 6.07) is 0.378. The van der Waals surface area contributed by atoms with E-state index in [4.69, 9.17) is 5.84 Å². The van der Waals surface area contributed by atoms with Crippen LogP contribution in [0, 0.1) is 29.1 Å². The second-order valence-electron chi connectivity index (χ2n) is 6.38. The minimum atomic E-state index is 0.378. The van der Waals surface area contributed by atoms with Gasteiger partial charge in [-0.15, -0.1) is 11.8 Å². The molecule has 0 heterocycles. The summed E-state index contributed by atoms with van der Waals surface area (Å²) in [6.45, 7) is 8.97. The lowest BCUT2D eigenvalue weighted by molar-refractivity contribution is 0.133. The van der Waals surface area contributed by atoms with Gasteiger partial charge in [0.25, 0.3) is 0 Å². The predicted molar refractivity (Wildman–Crippen MR) is 74.1 cm³/mol. The fourth-order valence-corrected chi connectivity index (χ4v) is 2.96. The zero-order valence-corrected chi connectivity index (χ0v) is 11.8. The van der Waals surface area contributed by atoms with Crippen molar-refractivity contribution in [2.45, 2.75) is 65.8 Å². The van der Waals surface area contributed by atoms with E-state index in [1.54, 1.807) is 0 Å². The number of rotatable bonds is 3. The maximum Gasteiger partial charge on any atom is 0.0348 e. The second-order valence-corrected chi connectivity index (χ2v) is 6.38. The Morgan fingerprint density at radius 3 is 2.24 bits per heavy atom. The summed E-state index contributed by atoms with van der Waals surface area (Å²) in [6.07, 6.45) is 6.15. The third kappa shape index (κ3) is 4.33. The van der Waals surface area contributed by atoms with E-state index in [0.29, 0.717) is 17.4 Å². The summed E-state index contributed by atoms with van der Waals surface area (Å²) in [5.74, 6) is 13.3. The first-order valence-corrected chi connectivity index (χ1v) is 6.84. The minimum Gasteiger partial charge on any atom is -0.271 e. The van der Waals surface area contributed by atoms with Crippen LogP contribution in [0.1, 0.15) is 59.8 Å². The van der Waals surface area contributed by atoms with Gasteiger partial charge in [-0.1, -0.05) is 20.8 Å². The Bertz CT molecular complexity index is 272. The molecule has 0 radical (unpaired) electrons. The van der Waals surface area contributed by atoms with Crippen molar-refractivity contribution in [2.24, 2.45) is 23.1 Å². The van der Waals surface area contributed by atoms with Gasteiger partial charge < -0.3 is 0 Å². The lowest BCUT2D eigenvalue weighted by Gasteiger charge is -2.39. The summed E-state index contributed by atoms with van der Waals surface area (Å²) < 4.78 is 0. The molecule has 2 heteroatoms. The van der Waals surface area contributed by atoms with Gasteiger partial charge in [0, 0.05) is 12.5 Å². The van der Waals surface area contributed by atoms with Gasteiger partial charge in [0.15, 0.2) is 0 Å². The molecule has 0 aliphatic heterocycles. The van der Waals surface area contributed by atoms with Gasteiger partial charge in [0.2, 0.25) is 0 Å². The van der Waals surface area contributed by atoms with Crippen LogP contribution in [0.2, 0.25) is 0 Å². The van der Waals surface area contributed by atoms with Crippen LogP contribution in [0.15, 0.2) is 0 Å². The molecule has 1 fully saturated rings. The van der Waals surface area contributed by atoms with Crippen molar-refractivity contribution >= 4 is 0 Å². The average molecular weight is 236 g/mol. The summed E-state index contributed by atoms with van der Waals surface area (Å²) in [4.78, 5) is 0. The van der Waals surface area contributed by atoms with Crippen LogP contribution in [-0.4, -0.2) is 6.04 Å². The third-order valence-electron chi connectivity index (χ3n) is 4.28. The Labute approximate surface area is 107 Å². The van der Waals surface area contributed by atoms with E-state index in [9.17, 15) is 0 Å². The zero-order valence-electron chi connectivity index (χ0n) is 11.8. The molecule has 1 atom stereocenters. The molecule has 17 heavy (non-hydrogen) atoms. The van der Waals surface area contributed by atoms with Crippen LogP contribution in [-0.2, 0) is 0 Å². The normalized spacial score (nSPS) is 27.1. The summed E-state index contributed by atoms with van der Waals surface area (Å²) in [5.41, 5.74) is 3.42. The molecule has 0 saturated heterocycles. The molecule has 0 spiro atoms. The van der Waals surface area contributed by atoms with Crippen LogP contribution >= 0.6 is 0 Å². The Kier molecular flexibility index (Phi) is 5.49. The molecule has 1 saturated carbocycles. The van der Waals surface area contributed by atoms with Gasteiger partial charge in [0.05, 0.1) is 0 Å². The first-order valence-electron chi connectivity index (χ1n) is 6.84. The lowest BCUT2D eigenvalue weighted by atomic mass is 9.68. The van der Waals surface area contributed by atoms with Gasteiger partial charge in [0.1, 0.15) is 0 Å². The Morgan fingerprint density at radius 1 is 1.24 bits per heavy atom. The molecule has 1 aliphatic carbocycles. The number of hydrogen-bond acceptors (Lipinski definition) is 2.